The van der Waals surface area contributed by atoms with Crippen LogP contribution in [0, 0.1) is 5.41 Å². The van der Waals surface area contributed by atoms with E-state index in [1.807, 2.05) is 20.8 Å². The summed E-state index contributed by atoms with van der Waals surface area (Å²) in [4.78, 5) is 14.1. The van der Waals surface area contributed by atoms with Crippen LogP contribution in [0.2, 0.25) is 0 Å². The van der Waals surface area contributed by atoms with E-state index in [4.69, 9.17) is 5.73 Å². The summed E-state index contributed by atoms with van der Waals surface area (Å²) in [6, 6.07) is -0.434. The van der Waals surface area contributed by atoms with Gasteiger partial charge in [-0.1, -0.05) is 34.6 Å². The Morgan fingerprint density at radius 1 is 1.21 bits per heavy atom. The van der Waals surface area contributed by atoms with Gasteiger partial charge in [-0.2, -0.15) is 0 Å². The van der Waals surface area contributed by atoms with Crippen molar-refractivity contribution in [1.29, 1.82) is 0 Å². The van der Waals surface area contributed by atoms with Crippen molar-refractivity contribution in [3.05, 3.63) is 0 Å². The summed E-state index contributed by atoms with van der Waals surface area (Å²) < 4.78 is 0. The van der Waals surface area contributed by atoms with E-state index in [0.29, 0.717) is 6.54 Å². The normalized spacial score (nSPS) is 12.4. The number of hydrogen-bond donors (Lipinski definition) is 2. The Morgan fingerprint density at radius 3 is 2.05 bits per heavy atom. The van der Waals surface area contributed by atoms with Crippen LogP contribution >= 0.6 is 24.8 Å². The first-order valence-corrected chi connectivity index (χ1v) is 6.58. The van der Waals surface area contributed by atoms with Gasteiger partial charge in [-0.25, -0.2) is 0 Å². The number of rotatable bonds is 7. The van der Waals surface area contributed by atoms with Crippen molar-refractivity contribution < 1.29 is 4.79 Å². The highest BCUT2D eigenvalue weighted by Crippen LogP contribution is 2.16. The predicted octanol–water partition coefficient (Wildman–Crippen LogP) is 2.05. The maximum absolute atomic E-state index is 11.7. The smallest absolute Gasteiger partial charge is 0.237 e. The number of carbonyl (C=O) groups excluding carboxylic acids is 1. The van der Waals surface area contributed by atoms with E-state index in [1.165, 1.54) is 0 Å². The van der Waals surface area contributed by atoms with Crippen LogP contribution in [0.4, 0.5) is 0 Å². The molecule has 0 saturated heterocycles. The highest BCUT2D eigenvalue weighted by atomic mass is 35.5. The van der Waals surface area contributed by atoms with Crippen LogP contribution in [0.25, 0.3) is 0 Å². The van der Waals surface area contributed by atoms with E-state index in [9.17, 15) is 4.79 Å². The summed E-state index contributed by atoms with van der Waals surface area (Å²) >= 11 is 0. The molecule has 0 heterocycles. The lowest BCUT2D eigenvalue weighted by molar-refractivity contribution is -0.124. The fourth-order valence-electron chi connectivity index (χ4n) is 1.56. The Morgan fingerprint density at radius 2 is 1.68 bits per heavy atom. The van der Waals surface area contributed by atoms with Crippen molar-refractivity contribution in [2.45, 2.75) is 47.1 Å². The Kier molecular flexibility index (Phi) is 14.9. The Hall–Kier alpha value is -0.0300. The molecule has 1 amide bonds. The van der Waals surface area contributed by atoms with Crippen LogP contribution in [-0.4, -0.2) is 43.0 Å². The van der Waals surface area contributed by atoms with Crippen molar-refractivity contribution in [2.75, 3.05) is 26.2 Å². The number of amides is 1. The topological polar surface area (TPSA) is 58.4 Å². The van der Waals surface area contributed by atoms with Crippen LogP contribution in [0.5, 0.6) is 0 Å². The zero-order valence-electron chi connectivity index (χ0n) is 12.9. The molecule has 0 radical (unpaired) electrons. The highest BCUT2D eigenvalue weighted by Gasteiger charge is 2.26. The minimum absolute atomic E-state index is 0. The molecule has 0 aliphatic carbocycles. The Bertz CT molecular complexity index is 228. The first-order chi connectivity index (χ1) is 7.82. The average Bonchev–Trinajstić information content (AvgIpc) is 2.26. The molecule has 0 spiro atoms. The number of nitrogens with one attached hydrogen (secondary N) is 1. The van der Waals surface area contributed by atoms with Gasteiger partial charge in [-0.3, -0.25) is 4.79 Å². The molecule has 6 heteroatoms. The molecule has 4 nitrogen and oxygen atoms in total. The molecule has 0 rings (SSSR count). The highest BCUT2D eigenvalue weighted by molar-refractivity contribution is 5.85. The van der Waals surface area contributed by atoms with E-state index in [-0.39, 0.29) is 36.1 Å². The largest absolute Gasteiger partial charge is 0.355 e. The second-order valence-electron chi connectivity index (χ2n) is 5.52. The first-order valence-electron chi connectivity index (χ1n) is 6.58. The van der Waals surface area contributed by atoms with Gasteiger partial charge < -0.3 is 16.0 Å². The summed E-state index contributed by atoms with van der Waals surface area (Å²) in [6.45, 7) is 14.1. The van der Waals surface area contributed by atoms with Crippen LogP contribution in [0.3, 0.4) is 0 Å². The van der Waals surface area contributed by atoms with Crippen LogP contribution in [0.1, 0.15) is 41.0 Å². The van der Waals surface area contributed by atoms with Gasteiger partial charge in [0.2, 0.25) is 5.91 Å². The van der Waals surface area contributed by atoms with Crippen molar-refractivity contribution in [3.8, 4) is 0 Å². The Labute approximate surface area is 130 Å². The number of nitrogens with zero attached hydrogens (tertiary/aromatic N) is 1. The van der Waals surface area contributed by atoms with E-state index >= 15 is 0 Å². The quantitative estimate of drug-likeness (QED) is 0.707. The summed E-state index contributed by atoms with van der Waals surface area (Å²) in [5.74, 6) is -0.0444. The Balaban J connectivity index is -0.00000128. The van der Waals surface area contributed by atoms with Crippen LogP contribution in [-0.2, 0) is 4.79 Å². The molecule has 0 aliphatic rings. The lowest BCUT2D eigenvalue weighted by Crippen LogP contribution is -2.49. The van der Waals surface area contributed by atoms with Crippen LogP contribution < -0.4 is 11.1 Å². The number of nitrogens with two attached hydrogens (primary N) is 1. The fourth-order valence-corrected chi connectivity index (χ4v) is 1.56. The van der Waals surface area contributed by atoms with E-state index in [2.05, 4.69) is 24.1 Å². The summed E-state index contributed by atoms with van der Waals surface area (Å²) in [7, 11) is 0. The van der Waals surface area contributed by atoms with Gasteiger partial charge in [0.25, 0.3) is 0 Å². The van der Waals surface area contributed by atoms with Crippen molar-refractivity contribution in [1.82, 2.24) is 10.2 Å². The molecule has 0 aromatic heterocycles. The molecular formula is C13H31Cl2N3O. The standard InChI is InChI=1S/C13H29N3O.2ClH/c1-6-16(7-2)10-8-9-15-12(17)11(14)13(3,4)5;;/h11H,6-10,14H2,1-5H3,(H,15,17);2*1H/t11-;;/m1../s1. The lowest BCUT2D eigenvalue weighted by Gasteiger charge is -2.26. The third kappa shape index (κ3) is 10.4. The zero-order valence-corrected chi connectivity index (χ0v) is 14.5. The molecule has 0 saturated carbocycles. The molecule has 1 atom stereocenters. The molecule has 0 unspecified atom stereocenters. The average molecular weight is 316 g/mol. The second kappa shape index (κ2) is 11.8. The van der Waals surface area contributed by atoms with E-state index in [0.717, 1.165) is 26.1 Å². The number of hydrogen-bond acceptors (Lipinski definition) is 3. The molecule has 0 aliphatic heterocycles. The maximum Gasteiger partial charge on any atom is 0.237 e. The van der Waals surface area contributed by atoms with Gasteiger partial charge in [-0.05, 0) is 31.5 Å². The fraction of sp³-hybridized carbons (Fsp3) is 0.923. The summed E-state index contributed by atoms with van der Waals surface area (Å²) in [5, 5.41) is 2.90. The van der Waals surface area contributed by atoms with Gasteiger partial charge in [0, 0.05) is 6.54 Å². The molecule has 0 fully saturated rings. The minimum atomic E-state index is -0.434. The van der Waals surface area contributed by atoms with Gasteiger partial charge in [0.15, 0.2) is 0 Å². The van der Waals surface area contributed by atoms with Gasteiger partial charge >= 0.3 is 0 Å². The number of carbonyl (C=O) groups is 1. The number of halogens is 2. The third-order valence-electron chi connectivity index (χ3n) is 3.06. The lowest BCUT2D eigenvalue weighted by atomic mass is 9.87. The van der Waals surface area contributed by atoms with Gasteiger partial charge in [0.1, 0.15) is 0 Å². The summed E-state index contributed by atoms with van der Waals surface area (Å²) in [6.07, 6.45) is 0.976. The molecule has 0 bridgehead atoms. The minimum Gasteiger partial charge on any atom is -0.355 e. The molecule has 0 aromatic carbocycles. The molecule has 0 aromatic rings. The zero-order chi connectivity index (χ0) is 13.5. The van der Waals surface area contributed by atoms with Crippen molar-refractivity contribution in [2.24, 2.45) is 11.1 Å². The summed E-state index contributed by atoms with van der Waals surface area (Å²) in [5.41, 5.74) is 5.69. The first kappa shape index (κ1) is 24.0. The molecule has 19 heavy (non-hydrogen) atoms. The van der Waals surface area contributed by atoms with E-state index in [1.54, 1.807) is 0 Å². The monoisotopic (exact) mass is 315 g/mol. The molecule has 118 valence electrons. The van der Waals surface area contributed by atoms with Crippen molar-refractivity contribution in [3.63, 3.8) is 0 Å². The molecular weight excluding hydrogens is 285 g/mol. The second-order valence-corrected chi connectivity index (χ2v) is 5.52. The third-order valence-corrected chi connectivity index (χ3v) is 3.06. The van der Waals surface area contributed by atoms with Crippen LogP contribution in [0.15, 0.2) is 0 Å². The van der Waals surface area contributed by atoms with E-state index < -0.39 is 6.04 Å². The SMILES string of the molecule is CCN(CC)CCCNC(=O)[C@@H](N)C(C)(C)C.Cl.Cl. The maximum atomic E-state index is 11.7. The molecule has 3 N–H and O–H groups in total. The van der Waals surface area contributed by atoms with Gasteiger partial charge in [-0.15, -0.1) is 24.8 Å². The predicted molar refractivity (Wildman–Crippen MR) is 87.3 cm³/mol. The van der Waals surface area contributed by atoms with Gasteiger partial charge in [0.05, 0.1) is 6.04 Å². The van der Waals surface area contributed by atoms with Crippen molar-refractivity contribution >= 4 is 30.7 Å².